The van der Waals surface area contributed by atoms with E-state index in [4.69, 9.17) is 14.2 Å². The molecule has 2 rings (SSSR count). The molecule has 2 aromatic rings. The van der Waals surface area contributed by atoms with Gasteiger partial charge in [-0.25, -0.2) is 0 Å². The maximum Gasteiger partial charge on any atom is 0.0701 e. The van der Waals surface area contributed by atoms with E-state index in [1.165, 1.54) is 11.1 Å². The predicted octanol–water partition coefficient (Wildman–Crippen LogP) is 5.42. The van der Waals surface area contributed by atoms with Crippen molar-refractivity contribution in [1.82, 2.24) is 0 Å². The van der Waals surface area contributed by atoms with Crippen LogP contribution in [0, 0.1) is 0 Å². The minimum Gasteiger partial charge on any atom is -0.378 e. The fraction of sp³-hybridized carbons (Fsp3) is 0.500. The van der Waals surface area contributed by atoms with Crippen LogP contribution in [0.25, 0.3) is 0 Å². The molecule has 2 aromatic carbocycles. The lowest BCUT2D eigenvalue weighted by molar-refractivity contribution is 0.00953. The Labute approximate surface area is 164 Å². The van der Waals surface area contributed by atoms with Gasteiger partial charge in [-0.05, 0) is 17.5 Å². The SMILES string of the molecule is CCC[C@H](COCCOCCOC[C@@H](C)c1ccccc1)c1ccccc1. The Kier molecular flexibility index (Phi) is 10.8. The van der Waals surface area contributed by atoms with Crippen molar-refractivity contribution in [1.29, 1.82) is 0 Å². The van der Waals surface area contributed by atoms with Crippen molar-refractivity contribution in [2.45, 2.75) is 38.5 Å². The van der Waals surface area contributed by atoms with Crippen molar-refractivity contribution in [3.63, 3.8) is 0 Å². The third kappa shape index (κ3) is 8.70. The highest BCUT2D eigenvalue weighted by Gasteiger charge is 2.10. The summed E-state index contributed by atoms with van der Waals surface area (Å²) in [5, 5.41) is 0. The normalized spacial score (nSPS) is 13.4. The van der Waals surface area contributed by atoms with Gasteiger partial charge in [-0.2, -0.15) is 0 Å². The average molecular weight is 371 g/mol. The summed E-state index contributed by atoms with van der Waals surface area (Å²) in [6.45, 7) is 8.37. The molecule has 0 saturated carbocycles. The molecule has 0 spiro atoms. The molecule has 0 aliphatic carbocycles. The molecule has 0 bridgehead atoms. The average Bonchev–Trinajstić information content (AvgIpc) is 2.72. The largest absolute Gasteiger partial charge is 0.378 e. The minimum atomic E-state index is 0.406. The topological polar surface area (TPSA) is 27.7 Å². The van der Waals surface area contributed by atoms with Crippen molar-refractivity contribution in [2.24, 2.45) is 0 Å². The highest BCUT2D eigenvalue weighted by atomic mass is 16.5. The third-order valence-corrected chi connectivity index (χ3v) is 4.71. The molecular weight excluding hydrogens is 336 g/mol. The molecule has 0 amide bonds. The van der Waals surface area contributed by atoms with E-state index in [-0.39, 0.29) is 0 Å². The molecule has 0 unspecified atom stereocenters. The number of rotatable bonds is 14. The lowest BCUT2D eigenvalue weighted by atomic mass is 9.95. The molecule has 0 aromatic heterocycles. The zero-order valence-electron chi connectivity index (χ0n) is 16.8. The van der Waals surface area contributed by atoms with Gasteiger partial charge in [0, 0.05) is 11.8 Å². The maximum atomic E-state index is 5.84. The summed E-state index contributed by atoms with van der Waals surface area (Å²) in [6, 6.07) is 21.1. The van der Waals surface area contributed by atoms with Crippen LogP contribution in [0.4, 0.5) is 0 Å². The first-order valence-corrected chi connectivity index (χ1v) is 10.1. The lowest BCUT2D eigenvalue weighted by Crippen LogP contribution is -2.14. The van der Waals surface area contributed by atoms with Crippen LogP contribution in [0.15, 0.2) is 60.7 Å². The zero-order chi connectivity index (χ0) is 19.2. The van der Waals surface area contributed by atoms with Crippen LogP contribution >= 0.6 is 0 Å². The molecule has 27 heavy (non-hydrogen) atoms. The second kappa shape index (κ2) is 13.5. The zero-order valence-corrected chi connectivity index (χ0v) is 16.8. The minimum absolute atomic E-state index is 0.406. The van der Waals surface area contributed by atoms with Crippen molar-refractivity contribution in [3.8, 4) is 0 Å². The molecule has 0 N–H and O–H groups in total. The Morgan fingerprint density at radius 1 is 0.667 bits per heavy atom. The van der Waals surface area contributed by atoms with E-state index >= 15 is 0 Å². The molecule has 0 saturated heterocycles. The predicted molar refractivity (Wildman–Crippen MR) is 111 cm³/mol. The van der Waals surface area contributed by atoms with Crippen LogP contribution < -0.4 is 0 Å². The quantitative estimate of drug-likeness (QED) is 0.415. The van der Waals surface area contributed by atoms with E-state index in [0.29, 0.717) is 38.3 Å². The van der Waals surface area contributed by atoms with Crippen LogP contribution in [0.3, 0.4) is 0 Å². The number of hydrogen-bond acceptors (Lipinski definition) is 3. The number of hydrogen-bond donors (Lipinski definition) is 0. The molecule has 0 heterocycles. The van der Waals surface area contributed by atoms with Crippen molar-refractivity contribution in [2.75, 3.05) is 39.6 Å². The van der Waals surface area contributed by atoms with Crippen molar-refractivity contribution >= 4 is 0 Å². The first-order chi connectivity index (χ1) is 13.3. The van der Waals surface area contributed by atoms with Crippen LogP contribution in [0.5, 0.6) is 0 Å². The number of ether oxygens (including phenoxy) is 3. The van der Waals surface area contributed by atoms with E-state index in [0.717, 1.165) is 26.1 Å². The van der Waals surface area contributed by atoms with Gasteiger partial charge >= 0.3 is 0 Å². The van der Waals surface area contributed by atoms with Gasteiger partial charge in [0.2, 0.25) is 0 Å². The van der Waals surface area contributed by atoms with Crippen molar-refractivity contribution in [3.05, 3.63) is 71.8 Å². The molecule has 148 valence electrons. The summed E-state index contributed by atoms with van der Waals surface area (Å²) in [6.07, 6.45) is 2.32. The molecular formula is C24H34O3. The van der Waals surface area contributed by atoms with E-state index in [1.54, 1.807) is 0 Å². The van der Waals surface area contributed by atoms with Crippen molar-refractivity contribution < 1.29 is 14.2 Å². The van der Waals surface area contributed by atoms with Gasteiger partial charge in [0.15, 0.2) is 0 Å². The highest BCUT2D eigenvalue weighted by molar-refractivity contribution is 5.19. The van der Waals surface area contributed by atoms with E-state index < -0.39 is 0 Å². The van der Waals surface area contributed by atoms with Gasteiger partial charge in [0.25, 0.3) is 0 Å². The van der Waals surface area contributed by atoms with E-state index in [9.17, 15) is 0 Å². The van der Waals surface area contributed by atoms with E-state index in [2.05, 4.69) is 68.4 Å². The van der Waals surface area contributed by atoms with Gasteiger partial charge in [0.05, 0.1) is 39.6 Å². The molecule has 0 radical (unpaired) electrons. The highest BCUT2D eigenvalue weighted by Crippen LogP contribution is 2.21. The summed E-state index contributed by atoms with van der Waals surface area (Å²) < 4.78 is 17.2. The Bertz CT molecular complexity index is 585. The Morgan fingerprint density at radius 3 is 1.78 bits per heavy atom. The monoisotopic (exact) mass is 370 g/mol. The van der Waals surface area contributed by atoms with Gasteiger partial charge in [-0.15, -0.1) is 0 Å². The Morgan fingerprint density at radius 2 is 1.19 bits per heavy atom. The molecule has 3 nitrogen and oxygen atoms in total. The first-order valence-electron chi connectivity index (χ1n) is 10.1. The maximum absolute atomic E-state index is 5.84. The molecule has 0 aliphatic heterocycles. The van der Waals surface area contributed by atoms with Gasteiger partial charge < -0.3 is 14.2 Å². The summed E-state index contributed by atoms with van der Waals surface area (Å²) >= 11 is 0. The summed E-state index contributed by atoms with van der Waals surface area (Å²) in [7, 11) is 0. The first kappa shape index (κ1) is 21.6. The number of benzene rings is 2. The molecule has 0 aliphatic rings. The lowest BCUT2D eigenvalue weighted by Gasteiger charge is -2.17. The molecule has 3 heteroatoms. The third-order valence-electron chi connectivity index (χ3n) is 4.71. The standard InChI is InChI=1S/C24H34O3/c1-3-10-24(23-13-8-5-9-14-23)20-27-18-16-25-15-17-26-19-21(2)22-11-6-4-7-12-22/h4-9,11-14,21,24H,3,10,15-20H2,1-2H3/t21-,24-/m1/s1. The van der Waals surface area contributed by atoms with Crippen LogP contribution in [0.2, 0.25) is 0 Å². The van der Waals surface area contributed by atoms with Crippen LogP contribution in [0.1, 0.15) is 49.7 Å². The van der Waals surface area contributed by atoms with Crippen LogP contribution in [-0.4, -0.2) is 39.6 Å². The second-order valence-electron chi connectivity index (χ2n) is 6.97. The van der Waals surface area contributed by atoms with Gasteiger partial charge in [-0.3, -0.25) is 0 Å². The molecule has 2 atom stereocenters. The summed E-state index contributed by atoms with van der Waals surface area (Å²) in [5.74, 6) is 0.877. The molecule has 0 fully saturated rings. The smallest absolute Gasteiger partial charge is 0.0701 e. The van der Waals surface area contributed by atoms with Gasteiger partial charge in [-0.1, -0.05) is 80.9 Å². The Hall–Kier alpha value is -1.68. The van der Waals surface area contributed by atoms with E-state index in [1.807, 2.05) is 6.07 Å². The summed E-state index contributed by atoms with van der Waals surface area (Å²) in [5.41, 5.74) is 2.67. The fourth-order valence-corrected chi connectivity index (χ4v) is 3.12. The second-order valence-corrected chi connectivity index (χ2v) is 6.97. The van der Waals surface area contributed by atoms with Crippen LogP contribution in [-0.2, 0) is 14.2 Å². The Balaban J connectivity index is 1.49. The summed E-state index contributed by atoms with van der Waals surface area (Å²) in [4.78, 5) is 0. The van der Waals surface area contributed by atoms with Gasteiger partial charge in [0.1, 0.15) is 0 Å². The fourth-order valence-electron chi connectivity index (χ4n) is 3.12.